The number of esters is 2. The minimum absolute atomic E-state index is 0. The van der Waals surface area contributed by atoms with Gasteiger partial charge in [-0.15, -0.1) is 0 Å². The SMILES string of the molecule is CCCCCCCCCCCCCCCC(=O)OC[C@H](O)[C@H]1OC(=O)C(O)=C1O.[Sr+2]. The number of hydrogen-bond acceptors (Lipinski definition) is 7. The van der Waals surface area contributed by atoms with Gasteiger partial charge in [0.25, 0.3) is 0 Å². The summed E-state index contributed by atoms with van der Waals surface area (Å²) in [4.78, 5) is 22.8. The first-order chi connectivity index (χ1) is 14.0. The van der Waals surface area contributed by atoms with Gasteiger partial charge in [0.05, 0.1) is 0 Å². The Bertz CT molecular complexity index is 522. The number of hydrogen-bond donors (Lipinski definition) is 3. The summed E-state index contributed by atoms with van der Waals surface area (Å²) in [5.41, 5.74) is 0. The van der Waals surface area contributed by atoms with Gasteiger partial charge in [-0.25, -0.2) is 4.79 Å². The maximum Gasteiger partial charge on any atom is 2.00 e. The van der Waals surface area contributed by atoms with E-state index in [1.54, 1.807) is 0 Å². The predicted molar refractivity (Wildman–Crippen MR) is 115 cm³/mol. The number of carbonyl (C=O) groups is 2. The number of ether oxygens (including phenoxy) is 2. The first kappa shape index (κ1) is 29.7. The summed E-state index contributed by atoms with van der Waals surface area (Å²) >= 11 is 0. The van der Waals surface area contributed by atoms with Crippen molar-refractivity contribution in [3.8, 4) is 0 Å². The Balaban J connectivity index is 0.00000841. The van der Waals surface area contributed by atoms with Gasteiger partial charge >= 0.3 is 57.4 Å². The molecule has 1 rings (SSSR count). The van der Waals surface area contributed by atoms with Crippen molar-refractivity contribution in [2.45, 2.75) is 109 Å². The summed E-state index contributed by atoms with van der Waals surface area (Å²) in [6.07, 6.45) is 13.4. The molecule has 0 radical (unpaired) electrons. The maximum atomic E-state index is 11.7. The summed E-state index contributed by atoms with van der Waals surface area (Å²) in [5.74, 6) is -3.21. The van der Waals surface area contributed by atoms with Crippen molar-refractivity contribution in [3.63, 3.8) is 0 Å². The van der Waals surface area contributed by atoms with Gasteiger partial charge in [0.1, 0.15) is 12.7 Å². The normalized spacial score (nSPS) is 16.9. The first-order valence-corrected chi connectivity index (χ1v) is 11.1. The van der Waals surface area contributed by atoms with Crippen LogP contribution in [0.15, 0.2) is 11.5 Å². The van der Waals surface area contributed by atoms with E-state index >= 15 is 0 Å². The molecule has 168 valence electrons. The molecule has 7 nitrogen and oxygen atoms in total. The zero-order valence-corrected chi connectivity index (χ0v) is 21.9. The Morgan fingerprint density at radius 1 is 0.933 bits per heavy atom. The fraction of sp³-hybridized carbons (Fsp3) is 0.818. The minimum atomic E-state index is -1.42. The van der Waals surface area contributed by atoms with Crippen molar-refractivity contribution in [2.75, 3.05) is 6.61 Å². The molecule has 0 amide bonds. The molecular weight excluding hydrogens is 464 g/mol. The van der Waals surface area contributed by atoms with E-state index in [9.17, 15) is 24.9 Å². The Morgan fingerprint density at radius 3 is 1.83 bits per heavy atom. The number of aliphatic hydroxyl groups is 3. The molecule has 0 saturated carbocycles. The van der Waals surface area contributed by atoms with Crippen LogP contribution in [-0.4, -0.2) is 91.6 Å². The minimum Gasteiger partial charge on any atom is -0.505 e. The van der Waals surface area contributed by atoms with Crippen LogP contribution < -0.4 is 0 Å². The van der Waals surface area contributed by atoms with Crippen molar-refractivity contribution >= 4 is 57.4 Å². The van der Waals surface area contributed by atoms with Gasteiger partial charge in [0.2, 0.25) is 5.76 Å². The number of aliphatic hydroxyl groups excluding tert-OH is 3. The number of unbranched alkanes of at least 4 members (excludes halogenated alkanes) is 12. The zero-order chi connectivity index (χ0) is 21.5. The van der Waals surface area contributed by atoms with Crippen molar-refractivity contribution in [1.82, 2.24) is 0 Å². The Morgan fingerprint density at radius 2 is 1.40 bits per heavy atom. The fourth-order valence-corrected chi connectivity index (χ4v) is 3.35. The van der Waals surface area contributed by atoms with Gasteiger partial charge in [0.15, 0.2) is 11.9 Å². The van der Waals surface area contributed by atoms with Crippen LogP contribution in [0.4, 0.5) is 0 Å². The smallest absolute Gasteiger partial charge is 0.505 e. The van der Waals surface area contributed by atoms with Crippen molar-refractivity contribution in [3.05, 3.63) is 11.5 Å². The molecule has 8 heteroatoms. The van der Waals surface area contributed by atoms with E-state index in [-0.39, 0.29) is 51.9 Å². The number of rotatable bonds is 17. The third-order valence-electron chi connectivity index (χ3n) is 5.19. The van der Waals surface area contributed by atoms with E-state index in [0.29, 0.717) is 0 Å². The van der Waals surface area contributed by atoms with Gasteiger partial charge in [-0.05, 0) is 6.42 Å². The first-order valence-electron chi connectivity index (χ1n) is 11.1. The summed E-state index contributed by atoms with van der Waals surface area (Å²) < 4.78 is 9.55. The van der Waals surface area contributed by atoms with Crippen LogP contribution in [0.2, 0.25) is 0 Å². The summed E-state index contributed by atoms with van der Waals surface area (Å²) in [5, 5.41) is 28.5. The van der Waals surface area contributed by atoms with Crippen molar-refractivity contribution in [1.29, 1.82) is 0 Å². The third kappa shape index (κ3) is 12.5. The molecule has 0 fully saturated rings. The number of carbonyl (C=O) groups excluding carboxylic acids is 2. The van der Waals surface area contributed by atoms with E-state index in [2.05, 4.69) is 11.7 Å². The molecule has 2 atom stereocenters. The van der Waals surface area contributed by atoms with Crippen LogP contribution in [-0.2, 0) is 19.1 Å². The molecular formula is C22H38O7Sr+2. The Kier molecular flexibility index (Phi) is 18.1. The molecule has 0 aromatic heterocycles. The van der Waals surface area contributed by atoms with E-state index in [4.69, 9.17) is 4.74 Å². The van der Waals surface area contributed by atoms with Crippen LogP contribution in [0.5, 0.6) is 0 Å². The van der Waals surface area contributed by atoms with Crippen LogP contribution in [0.1, 0.15) is 96.8 Å². The molecule has 0 aliphatic carbocycles. The molecule has 1 aliphatic heterocycles. The summed E-state index contributed by atoms with van der Waals surface area (Å²) in [6, 6.07) is 0. The molecule has 30 heavy (non-hydrogen) atoms. The van der Waals surface area contributed by atoms with E-state index in [1.165, 1.54) is 64.2 Å². The molecule has 1 aliphatic rings. The van der Waals surface area contributed by atoms with Crippen LogP contribution in [0, 0.1) is 0 Å². The average molecular weight is 502 g/mol. The van der Waals surface area contributed by atoms with E-state index in [0.717, 1.165) is 19.3 Å². The third-order valence-corrected chi connectivity index (χ3v) is 5.19. The molecule has 0 aromatic carbocycles. The van der Waals surface area contributed by atoms with E-state index in [1.807, 2.05) is 0 Å². The Labute approximate surface area is 217 Å². The maximum absolute atomic E-state index is 11.7. The second-order valence-electron chi connectivity index (χ2n) is 7.80. The molecule has 0 aromatic rings. The molecule has 0 unspecified atom stereocenters. The van der Waals surface area contributed by atoms with E-state index < -0.39 is 42.3 Å². The predicted octanol–water partition coefficient (Wildman–Crippen LogP) is 4.24. The van der Waals surface area contributed by atoms with Gasteiger partial charge in [0, 0.05) is 6.42 Å². The van der Waals surface area contributed by atoms with Crippen molar-refractivity contribution < 1.29 is 34.4 Å². The molecule has 3 N–H and O–H groups in total. The standard InChI is InChI=1S/C22H38O7.Sr/c1-2-3-4-5-6-7-8-9-10-11-12-13-14-15-18(24)28-16-17(23)21-19(25)20(26)22(27)29-21;/h17,21,23,25-26H,2-16H2,1H3;/q;+2/t17-,21+;/m0./s1. The van der Waals surface area contributed by atoms with Gasteiger partial charge < -0.3 is 24.8 Å². The second kappa shape index (κ2) is 18.3. The molecule has 0 bridgehead atoms. The average Bonchev–Trinajstić information content (AvgIpc) is 2.97. The monoisotopic (exact) mass is 502 g/mol. The van der Waals surface area contributed by atoms with Gasteiger partial charge in [-0.2, -0.15) is 0 Å². The van der Waals surface area contributed by atoms with Crippen molar-refractivity contribution in [2.24, 2.45) is 0 Å². The van der Waals surface area contributed by atoms with Gasteiger partial charge in [-0.1, -0.05) is 84.0 Å². The zero-order valence-electron chi connectivity index (χ0n) is 18.4. The topological polar surface area (TPSA) is 113 Å². The van der Waals surface area contributed by atoms with Gasteiger partial charge in [-0.3, -0.25) is 4.79 Å². The molecule has 1 heterocycles. The quantitative estimate of drug-likeness (QED) is 0.155. The Hall–Kier alpha value is -0.279. The van der Waals surface area contributed by atoms with Crippen LogP contribution >= 0.6 is 0 Å². The second-order valence-corrected chi connectivity index (χ2v) is 7.80. The fourth-order valence-electron chi connectivity index (χ4n) is 3.35. The largest absolute Gasteiger partial charge is 2.00 e. The molecule has 0 spiro atoms. The summed E-state index contributed by atoms with van der Waals surface area (Å²) in [7, 11) is 0. The molecule has 0 saturated heterocycles. The summed E-state index contributed by atoms with van der Waals surface area (Å²) in [6.45, 7) is 1.83. The van der Waals surface area contributed by atoms with Crippen LogP contribution in [0.25, 0.3) is 0 Å². The van der Waals surface area contributed by atoms with Crippen LogP contribution in [0.3, 0.4) is 0 Å². The number of cyclic esters (lactones) is 1.